The summed E-state index contributed by atoms with van der Waals surface area (Å²) in [5.41, 5.74) is 1.15. The van der Waals surface area contributed by atoms with Gasteiger partial charge in [-0.2, -0.15) is 0 Å². The molecule has 140 valence electrons. The highest BCUT2D eigenvalue weighted by Crippen LogP contribution is 2.43. The topological polar surface area (TPSA) is 107 Å². The van der Waals surface area contributed by atoms with E-state index >= 15 is 0 Å². The maximum atomic E-state index is 9.64. The average Bonchev–Trinajstić information content (AvgIpc) is 3.23. The third kappa shape index (κ3) is 2.84. The summed E-state index contributed by atoms with van der Waals surface area (Å²) in [5.74, 6) is -0.267. The lowest BCUT2D eigenvalue weighted by Crippen LogP contribution is -2.31. The fraction of sp³-hybridized carbons (Fsp3) is 0.625. The van der Waals surface area contributed by atoms with Crippen molar-refractivity contribution in [2.75, 3.05) is 20.7 Å². The molecule has 0 aliphatic carbocycles. The smallest absolute Gasteiger partial charge is 0.184 e. The molecule has 10 heteroatoms. The number of aromatic nitrogens is 4. The highest BCUT2D eigenvalue weighted by molar-refractivity contribution is 5.82. The molecule has 4 atom stereocenters. The first-order valence-electron chi connectivity index (χ1n) is 8.40. The van der Waals surface area contributed by atoms with Gasteiger partial charge in [-0.05, 0) is 13.8 Å². The quantitative estimate of drug-likeness (QED) is 0.617. The lowest BCUT2D eigenvalue weighted by molar-refractivity contribution is -0.199. The average molecular weight is 362 g/mol. The number of hydrogen-bond acceptors (Lipinski definition) is 8. The molecule has 0 spiro atoms. The van der Waals surface area contributed by atoms with Gasteiger partial charge < -0.3 is 24.2 Å². The Kier molecular flexibility index (Phi) is 4.14. The minimum atomic E-state index is -0.739. The molecule has 2 aromatic heterocycles. The number of rotatable bonds is 4. The SMILES string of the molecule is CN(C)/C=N/c1ncnc2c1ncn2C1OC(CO)C2OC(C)(C)OC21. The first kappa shape index (κ1) is 17.3. The lowest BCUT2D eigenvalue weighted by Gasteiger charge is -2.24. The molecule has 4 unspecified atom stereocenters. The molecule has 2 aliphatic rings. The number of hydrogen-bond donors (Lipinski definition) is 1. The molecule has 0 amide bonds. The van der Waals surface area contributed by atoms with Gasteiger partial charge in [-0.15, -0.1) is 0 Å². The zero-order valence-corrected chi connectivity index (χ0v) is 15.1. The zero-order valence-electron chi connectivity index (χ0n) is 15.1. The number of imidazole rings is 1. The molecule has 2 aromatic rings. The largest absolute Gasteiger partial charge is 0.394 e. The van der Waals surface area contributed by atoms with E-state index in [4.69, 9.17) is 14.2 Å². The van der Waals surface area contributed by atoms with Crippen LogP contribution in [0.25, 0.3) is 11.2 Å². The lowest BCUT2D eigenvalue weighted by atomic mass is 10.1. The maximum Gasteiger partial charge on any atom is 0.184 e. The maximum absolute atomic E-state index is 9.64. The van der Waals surface area contributed by atoms with Gasteiger partial charge in [-0.25, -0.2) is 19.9 Å². The number of fused-ring (bicyclic) bond motifs is 2. The Morgan fingerprint density at radius 2 is 2.04 bits per heavy atom. The van der Waals surface area contributed by atoms with Crippen LogP contribution in [-0.2, 0) is 14.2 Å². The van der Waals surface area contributed by atoms with Gasteiger partial charge in [-0.1, -0.05) is 0 Å². The van der Waals surface area contributed by atoms with Crippen molar-refractivity contribution < 1.29 is 19.3 Å². The Labute approximate surface area is 150 Å². The third-order valence-electron chi connectivity index (χ3n) is 4.33. The van der Waals surface area contributed by atoms with E-state index in [1.165, 1.54) is 6.33 Å². The highest BCUT2D eigenvalue weighted by atomic mass is 16.8. The zero-order chi connectivity index (χ0) is 18.5. The molecule has 4 heterocycles. The molecule has 10 nitrogen and oxygen atoms in total. The van der Waals surface area contributed by atoms with Crippen LogP contribution < -0.4 is 0 Å². The molecule has 0 radical (unpaired) electrons. The molecule has 0 saturated carbocycles. The monoisotopic (exact) mass is 362 g/mol. The minimum Gasteiger partial charge on any atom is -0.394 e. The van der Waals surface area contributed by atoms with Crippen molar-refractivity contribution in [3.8, 4) is 0 Å². The third-order valence-corrected chi connectivity index (χ3v) is 4.33. The van der Waals surface area contributed by atoms with Gasteiger partial charge in [0, 0.05) is 14.1 Å². The molecule has 2 fully saturated rings. The van der Waals surface area contributed by atoms with Crippen LogP contribution in [0.2, 0.25) is 0 Å². The van der Waals surface area contributed by atoms with Crippen LogP contribution in [0.1, 0.15) is 20.1 Å². The van der Waals surface area contributed by atoms with Crippen molar-refractivity contribution in [1.82, 2.24) is 24.4 Å². The van der Waals surface area contributed by atoms with Crippen LogP contribution >= 0.6 is 0 Å². The van der Waals surface area contributed by atoms with E-state index in [1.807, 2.05) is 32.8 Å². The highest BCUT2D eigenvalue weighted by Gasteiger charge is 2.55. The predicted octanol–water partition coefficient (Wildman–Crippen LogP) is 0.457. The van der Waals surface area contributed by atoms with Crippen LogP contribution in [0.4, 0.5) is 5.82 Å². The van der Waals surface area contributed by atoms with Gasteiger partial charge in [0.2, 0.25) is 0 Å². The molecule has 4 rings (SSSR count). The van der Waals surface area contributed by atoms with Gasteiger partial charge in [-0.3, -0.25) is 4.57 Å². The van der Waals surface area contributed by atoms with Crippen molar-refractivity contribution in [1.29, 1.82) is 0 Å². The van der Waals surface area contributed by atoms with Gasteiger partial charge in [0.1, 0.15) is 24.6 Å². The summed E-state index contributed by atoms with van der Waals surface area (Å²) in [7, 11) is 3.75. The first-order chi connectivity index (χ1) is 12.4. The van der Waals surface area contributed by atoms with Crippen molar-refractivity contribution in [2.24, 2.45) is 4.99 Å². The second kappa shape index (κ2) is 6.23. The Bertz CT molecular complexity index is 835. The van der Waals surface area contributed by atoms with E-state index in [0.717, 1.165) is 0 Å². The number of aliphatic hydroxyl groups is 1. The van der Waals surface area contributed by atoms with Crippen LogP contribution in [0.3, 0.4) is 0 Å². The molecule has 1 N–H and O–H groups in total. The molecular formula is C16H22N6O4. The Morgan fingerprint density at radius 1 is 1.27 bits per heavy atom. The van der Waals surface area contributed by atoms with E-state index in [-0.39, 0.29) is 18.8 Å². The van der Waals surface area contributed by atoms with E-state index < -0.39 is 18.1 Å². The van der Waals surface area contributed by atoms with Gasteiger partial charge in [0.25, 0.3) is 0 Å². The van der Waals surface area contributed by atoms with Crippen LogP contribution in [0.5, 0.6) is 0 Å². The molecule has 2 aliphatic heterocycles. The van der Waals surface area contributed by atoms with Crippen molar-refractivity contribution in [3.63, 3.8) is 0 Å². The number of aliphatic imine (C=N–C) groups is 1. The summed E-state index contributed by atoms with van der Waals surface area (Å²) in [6.45, 7) is 3.54. The summed E-state index contributed by atoms with van der Waals surface area (Å²) in [6.07, 6.45) is 3.01. The second-order valence-electron chi connectivity index (χ2n) is 7.04. The Balaban J connectivity index is 1.72. The van der Waals surface area contributed by atoms with E-state index in [1.54, 1.807) is 17.2 Å². The van der Waals surface area contributed by atoms with E-state index in [0.29, 0.717) is 17.0 Å². The number of nitrogens with zero attached hydrogens (tertiary/aromatic N) is 6. The van der Waals surface area contributed by atoms with Crippen molar-refractivity contribution >= 4 is 23.3 Å². The van der Waals surface area contributed by atoms with Crippen LogP contribution in [0.15, 0.2) is 17.6 Å². The summed E-state index contributed by atoms with van der Waals surface area (Å²) in [5, 5.41) is 9.64. The normalized spacial score (nSPS) is 30.3. The number of aliphatic hydroxyl groups excluding tert-OH is 1. The fourth-order valence-corrected chi connectivity index (χ4v) is 3.32. The van der Waals surface area contributed by atoms with Gasteiger partial charge in [0.15, 0.2) is 29.0 Å². The predicted molar refractivity (Wildman–Crippen MR) is 92.0 cm³/mol. The molecule has 26 heavy (non-hydrogen) atoms. The number of ether oxygens (including phenoxy) is 3. The molecule has 0 bridgehead atoms. The summed E-state index contributed by atoms with van der Waals surface area (Å²) in [4.78, 5) is 19.1. The summed E-state index contributed by atoms with van der Waals surface area (Å²) >= 11 is 0. The van der Waals surface area contributed by atoms with E-state index in [2.05, 4.69) is 19.9 Å². The van der Waals surface area contributed by atoms with Crippen molar-refractivity contribution in [3.05, 3.63) is 12.7 Å². The standard InChI is InChI=1S/C16H22N6O4/c1-16(2)25-11-9(5-23)24-15(12(11)26-16)22-8-19-10-13(20-7-21(3)4)17-6-18-14(10)22/h6-9,11-12,15,23H,5H2,1-4H3/b20-7+. The minimum absolute atomic E-state index is 0.156. The fourth-order valence-electron chi connectivity index (χ4n) is 3.32. The Morgan fingerprint density at radius 3 is 2.77 bits per heavy atom. The van der Waals surface area contributed by atoms with Crippen LogP contribution in [0, 0.1) is 0 Å². The van der Waals surface area contributed by atoms with Crippen molar-refractivity contribution in [2.45, 2.75) is 44.2 Å². The molecule has 2 saturated heterocycles. The van der Waals surface area contributed by atoms with Gasteiger partial charge >= 0.3 is 0 Å². The Hall–Kier alpha value is -2.14. The molecule has 0 aromatic carbocycles. The summed E-state index contributed by atoms with van der Waals surface area (Å²) < 4.78 is 19.7. The molecular weight excluding hydrogens is 340 g/mol. The van der Waals surface area contributed by atoms with Crippen LogP contribution in [-0.4, -0.2) is 80.7 Å². The second-order valence-corrected chi connectivity index (χ2v) is 7.04. The van der Waals surface area contributed by atoms with Gasteiger partial charge in [0.05, 0.1) is 19.3 Å². The first-order valence-corrected chi connectivity index (χ1v) is 8.40. The van der Waals surface area contributed by atoms with E-state index in [9.17, 15) is 5.11 Å². The summed E-state index contributed by atoms with van der Waals surface area (Å²) in [6, 6.07) is 0.